The summed E-state index contributed by atoms with van der Waals surface area (Å²) >= 11 is 0. The number of carbonyl (C=O) groups excluding carboxylic acids is 1. The van der Waals surface area contributed by atoms with Gasteiger partial charge in [0.05, 0.1) is 29.5 Å². The molecule has 0 aliphatic rings. The molecule has 1 amide bonds. The van der Waals surface area contributed by atoms with E-state index in [0.717, 1.165) is 22.6 Å². The van der Waals surface area contributed by atoms with Crippen LogP contribution in [0.1, 0.15) is 5.69 Å². The lowest BCUT2D eigenvalue weighted by molar-refractivity contribution is -0.105. The molecule has 8 nitrogen and oxygen atoms in total. The molecule has 0 spiro atoms. The number of amides is 1. The van der Waals surface area contributed by atoms with Crippen molar-refractivity contribution in [1.29, 1.82) is 0 Å². The Kier molecular flexibility index (Phi) is 3.27. The minimum absolute atomic E-state index is 0.501. The number of fused-ring (bicyclic) bond motifs is 1. The molecule has 118 valence electrons. The van der Waals surface area contributed by atoms with Crippen molar-refractivity contribution in [2.75, 3.05) is 5.32 Å². The van der Waals surface area contributed by atoms with E-state index in [0.29, 0.717) is 23.6 Å². The number of imidazole rings is 1. The first-order chi connectivity index (χ1) is 11.8. The van der Waals surface area contributed by atoms with E-state index in [1.165, 1.54) is 0 Å². The number of hydrogen-bond acceptors (Lipinski definition) is 5. The molecule has 4 aromatic heterocycles. The lowest BCUT2D eigenvalue weighted by Gasteiger charge is -2.05. The maximum Gasteiger partial charge on any atom is 0.212 e. The zero-order chi connectivity index (χ0) is 16.5. The molecule has 0 aliphatic carbocycles. The van der Waals surface area contributed by atoms with Crippen molar-refractivity contribution in [3.05, 3.63) is 48.4 Å². The number of hydrogen-bond donors (Lipinski definition) is 2. The Morgan fingerprint density at radius 2 is 2.08 bits per heavy atom. The van der Waals surface area contributed by atoms with E-state index in [1.54, 1.807) is 16.9 Å². The molecule has 4 rings (SSSR count). The molecule has 0 saturated heterocycles. The van der Waals surface area contributed by atoms with E-state index in [4.69, 9.17) is 0 Å². The highest BCUT2D eigenvalue weighted by atomic mass is 16.1. The third kappa shape index (κ3) is 2.30. The Balaban J connectivity index is 1.85. The molecule has 0 unspecified atom stereocenters. The Labute approximate surface area is 136 Å². The fourth-order valence-electron chi connectivity index (χ4n) is 2.53. The number of carbonyl (C=O) groups is 1. The van der Waals surface area contributed by atoms with E-state index < -0.39 is 0 Å². The summed E-state index contributed by atoms with van der Waals surface area (Å²) < 4.78 is 1.57. The maximum absolute atomic E-state index is 10.7. The summed E-state index contributed by atoms with van der Waals surface area (Å²) in [6.07, 6.45) is 3.86. The molecule has 2 N–H and O–H groups in total. The van der Waals surface area contributed by atoms with E-state index in [2.05, 4.69) is 30.6 Å². The van der Waals surface area contributed by atoms with Crippen LogP contribution in [0.15, 0.2) is 42.7 Å². The number of aryl methyl sites for hydroxylation is 1. The van der Waals surface area contributed by atoms with Crippen LogP contribution in [0.3, 0.4) is 0 Å². The van der Waals surface area contributed by atoms with Gasteiger partial charge < -0.3 is 5.32 Å². The average Bonchev–Trinajstić information content (AvgIpc) is 3.22. The molecule has 0 saturated carbocycles. The molecular formula is C16H13N7O. The van der Waals surface area contributed by atoms with Crippen LogP contribution in [0, 0.1) is 6.92 Å². The zero-order valence-electron chi connectivity index (χ0n) is 12.8. The van der Waals surface area contributed by atoms with Crippen molar-refractivity contribution in [1.82, 2.24) is 29.8 Å². The number of nitrogens with zero attached hydrogens (tertiary/aromatic N) is 5. The Morgan fingerprint density at radius 1 is 1.17 bits per heavy atom. The van der Waals surface area contributed by atoms with Gasteiger partial charge in [-0.2, -0.15) is 14.7 Å². The summed E-state index contributed by atoms with van der Waals surface area (Å²) in [5.74, 6) is 0.501. The first kappa shape index (κ1) is 14.1. The van der Waals surface area contributed by atoms with E-state index in [1.807, 2.05) is 37.3 Å². The Hall–Kier alpha value is -3.55. The Bertz CT molecular complexity index is 1030. The van der Waals surface area contributed by atoms with Crippen LogP contribution in [-0.4, -0.2) is 36.2 Å². The quantitative estimate of drug-likeness (QED) is 0.561. The predicted molar refractivity (Wildman–Crippen MR) is 88.2 cm³/mol. The summed E-state index contributed by atoms with van der Waals surface area (Å²) in [4.78, 5) is 19.4. The highest BCUT2D eigenvalue weighted by Gasteiger charge is 2.14. The van der Waals surface area contributed by atoms with Crippen LogP contribution in [0.5, 0.6) is 0 Å². The van der Waals surface area contributed by atoms with Gasteiger partial charge in [0, 0.05) is 11.3 Å². The third-order valence-electron chi connectivity index (χ3n) is 3.63. The zero-order valence-corrected chi connectivity index (χ0v) is 12.8. The third-order valence-corrected chi connectivity index (χ3v) is 3.63. The molecule has 8 heteroatoms. The molecule has 4 heterocycles. The van der Waals surface area contributed by atoms with Crippen LogP contribution in [0.4, 0.5) is 5.82 Å². The molecule has 0 radical (unpaired) electrons. The molecular weight excluding hydrogens is 306 g/mol. The fourth-order valence-corrected chi connectivity index (χ4v) is 2.53. The van der Waals surface area contributed by atoms with Crippen LogP contribution >= 0.6 is 0 Å². The van der Waals surface area contributed by atoms with Gasteiger partial charge in [-0.1, -0.05) is 6.07 Å². The molecule has 0 aliphatic heterocycles. The smallest absolute Gasteiger partial charge is 0.212 e. The van der Waals surface area contributed by atoms with E-state index >= 15 is 0 Å². The lowest BCUT2D eigenvalue weighted by Crippen LogP contribution is -2.02. The van der Waals surface area contributed by atoms with Gasteiger partial charge in [-0.25, -0.2) is 4.98 Å². The molecule has 0 bridgehead atoms. The van der Waals surface area contributed by atoms with Gasteiger partial charge in [0.25, 0.3) is 0 Å². The highest BCUT2D eigenvalue weighted by molar-refractivity contribution is 5.77. The van der Waals surface area contributed by atoms with E-state index in [-0.39, 0.29) is 0 Å². The van der Waals surface area contributed by atoms with Crippen molar-refractivity contribution in [3.8, 4) is 22.6 Å². The number of pyridine rings is 1. The van der Waals surface area contributed by atoms with E-state index in [9.17, 15) is 4.79 Å². The van der Waals surface area contributed by atoms with Gasteiger partial charge in [0.2, 0.25) is 6.41 Å². The van der Waals surface area contributed by atoms with Crippen molar-refractivity contribution >= 4 is 17.9 Å². The number of H-pyrrole nitrogens is 1. The van der Waals surface area contributed by atoms with Crippen LogP contribution in [0.2, 0.25) is 0 Å². The summed E-state index contributed by atoms with van der Waals surface area (Å²) in [7, 11) is 0. The minimum Gasteiger partial charge on any atom is -0.312 e. The number of anilines is 1. The normalized spacial score (nSPS) is 10.9. The summed E-state index contributed by atoms with van der Waals surface area (Å²) in [5, 5.41) is 14.2. The van der Waals surface area contributed by atoms with Crippen molar-refractivity contribution in [3.63, 3.8) is 0 Å². The van der Waals surface area contributed by atoms with Crippen LogP contribution in [-0.2, 0) is 4.79 Å². The molecule has 24 heavy (non-hydrogen) atoms. The first-order valence-corrected chi connectivity index (χ1v) is 7.29. The van der Waals surface area contributed by atoms with Gasteiger partial charge in [-0.15, -0.1) is 0 Å². The fraction of sp³-hybridized carbons (Fsp3) is 0.0625. The van der Waals surface area contributed by atoms with Gasteiger partial charge in [-0.05, 0) is 31.2 Å². The van der Waals surface area contributed by atoms with Gasteiger partial charge in [0.1, 0.15) is 0 Å². The maximum atomic E-state index is 10.7. The summed E-state index contributed by atoms with van der Waals surface area (Å²) in [6, 6.07) is 9.49. The standard InChI is InChI=1S/C16H13N7O/c1-10-3-2-4-13(20-10)16-11(7-19-21-16)12-5-6-14-17-8-15(18-9-24)23(14)22-12/h2-9H,1H3,(H,18,24)(H,19,21). The summed E-state index contributed by atoms with van der Waals surface area (Å²) in [6.45, 7) is 1.94. The SMILES string of the molecule is Cc1cccc(-c2[nH]ncc2-c2ccc3ncc(NC=O)n3n2)n1. The minimum atomic E-state index is 0.501. The topological polar surface area (TPSA) is 101 Å². The molecule has 0 atom stereocenters. The first-order valence-electron chi connectivity index (χ1n) is 7.29. The summed E-state index contributed by atoms with van der Waals surface area (Å²) in [5.41, 5.74) is 4.66. The largest absolute Gasteiger partial charge is 0.312 e. The molecule has 0 aromatic carbocycles. The second kappa shape index (κ2) is 5.58. The lowest BCUT2D eigenvalue weighted by atomic mass is 10.1. The number of rotatable bonds is 4. The molecule has 4 aromatic rings. The monoisotopic (exact) mass is 319 g/mol. The number of nitrogens with one attached hydrogen (secondary N) is 2. The number of aromatic amines is 1. The second-order valence-electron chi connectivity index (χ2n) is 5.22. The molecule has 0 fully saturated rings. The van der Waals surface area contributed by atoms with Crippen molar-refractivity contribution in [2.24, 2.45) is 0 Å². The predicted octanol–water partition coefficient (Wildman–Crippen LogP) is 2.06. The highest BCUT2D eigenvalue weighted by Crippen LogP contribution is 2.28. The second-order valence-corrected chi connectivity index (χ2v) is 5.22. The van der Waals surface area contributed by atoms with Gasteiger partial charge in [0.15, 0.2) is 11.5 Å². The van der Waals surface area contributed by atoms with Crippen molar-refractivity contribution < 1.29 is 4.79 Å². The van der Waals surface area contributed by atoms with Gasteiger partial charge in [-0.3, -0.25) is 14.9 Å². The Morgan fingerprint density at radius 3 is 2.92 bits per heavy atom. The van der Waals surface area contributed by atoms with Gasteiger partial charge >= 0.3 is 0 Å². The average molecular weight is 319 g/mol. The van der Waals surface area contributed by atoms with Crippen molar-refractivity contribution in [2.45, 2.75) is 6.92 Å². The van der Waals surface area contributed by atoms with Crippen LogP contribution < -0.4 is 5.32 Å². The number of aromatic nitrogens is 6. The van der Waals surface area contributed by atoms with Crippen LogP contribution in [0.25, 0.3) is 28.3 Å².